The minimum Gasteiger partial charge on any atom is -0.444 e. The molecule has 1 rings (SSSR count). The maximum Gasteiger partial charge on any atom is 0.408 e. The van der Waals surface area contributed by atoms with E-state index in [4.69, 9.17) is 4.74 Å². The second-order valence-electron chi connectivity index (χ2n) is 4.67. The second kappa shape index (κ2) is 5.57. The Morgan fingerprint density at radius 1 is 1.39 bits per heavy atom. The van der Waals surface area contributed by atoms with Gasteiger partial charge in [-0.2, -0.15) is 0 Å². The highest BCUT2D eigenvalue weighted by molar-refractivity contribution is 5.98. The van der Waals surface area contributed by atoms with Crippen molar-refractivity contribution in [3.05, 3.63) is 29.8 Å². The van der Waals surface area contributed by atoms with Crippen LogP contribution in [0.4, 0.5) is 9.18 Å². The van der Waals surface area contributed by atoms with Gasteiger partial charge in [0.15, 0.2) is 5.78 Å². The van der Waals surface area contributed by atoms with Gasteiger partial charge in [-0.25, -0.2) is 9.18 Å². The van der Waals surface area contributed by atoms with Gasteiger partial charge in [-0.15, -0.1) is 0 Å². The van der Waals surface area contributed by atoms with Crippen LogP contribution >= 0.6 is 0 Å². The van der Waals surface area contributed by atoms with Crippen molar-refractivity contribution < 1.29 is 18.7 Å². The Morgan fingerprint density at radius 3 is 2.61 bits per heavy atom. The molecule has 0 spiro atoms. The zero-order valence-corrected chi connectivity index (χ0v) is 10.5. The molecule has 0 bridgehead atoms. The van der Waals surface area contributed by atoms with Crippen LogP contribution in [0.5, 0.6) is 0 Å². The number of carbonyl (C=O) groups is 2. The molecule has 0 aromatic carbocycles. The van der Waals surface area contributed by atoms with Crippen LogP contribution in [0.3, 0.4) is 0 Å². The Labute approximate surface area is 104 Å². The fraction of sp³-hybridized carbons (Fsp3) is 0.417. The van der Waals surface area contributed by atoms with E-state index in [1.54, 1.807) is 20.8 Å². The third-order valence-electron chi connectivity index (χ3n) is 1.82. The average Bonchev–Trinajstić information content (AvgIpc) is 2.23. The van der Waals surface area contributed by atoms with Crippen molar-refractivity contribution in [2.24, 2.45) is 0 Å². The van der Waals surface area contributed by atoms with Gasteiger partial charge in [-0.05, 0) is 26.8 Å². The Hall–Kier alpha value is -1.98. The highest BCUT2D eigenvalue weighted by Crippen LogP contribution is 2.06. The first-order valence-corrected chi connectivity index (χ1v) is 5.38. The number of alkyl carbamates (subject to hydrolysis) is 1. The number of aromatic nitrogens is 1. The van der Waals surface area contributed by atoms with E-state index < -0.39 is 23.3 Å². The SMILES string of the molecule is CC(C)(C)OC(=O)NCC(=O)c1cncc(F)c1. The number of Topliss-reactive ketones (excluding diaryl/α,β-unsaturated/α-hetero) is 1. The van der Waals surface area contributed by atoms with Crippen molar-refractivity contribution in [3.63, 3.8) is 0 Å². The molecular weight excluding hydrogens is 239 g/mol. The molecule has 98 valence electrons. The van der Waals surface area contributed by atoms with Crippen molar-refractivity contribution in [2.75, 3.05) is 6.54 Å². The van der Waals surface area contributed by atoms with Crippen molar-refractivity contribution in [1.29, 1.82) is 0 Å². The van der Waals surface area contributed by atoms with Gasteiger partial charge in [0.1, 0.15) is 11.4 Å². The largest absolute Gasteiger partial charge is 0.444 e. The lowest BCUT2D eigenvalue weighted by Crippen LogP contribution is -2.35. The van der Waals surface area contributed by atoms with Crippen LogP contribution in [0.1, 0.15) is 31.1 Å². The molecule has 1 heterocycles. The number of rotatable bonds is 3. The van der Waals surface area contributed by atoms with Crippen LogP contribution in [0.15, 0.2) is 18.5 Å². The topological polar surface area (TPSA) is 68.3 Å². The monoisotopic (exact) mass is 254 g/mol. The van der Waals surface area contributed by atoms with E-state index in [9.17, 15) is 14.0 Å². The summed E-state index contributed by atoms with van der Waals surface area (Å²) >= 11 is 0. The van der Waals surface area contributed by atoms with Gasteiger partial charge < -0.3 is 10.1 Å². The molecule has 0 saturated heterocycles. The number of hydrogen-bond acceptors (Lipinski definition) is 4. The Bertz CT molecular complexity index is 455. The lowest BCUT2D eigenvalue weighted by Gasteiger charge is -2.19. The van der Waals surface area contributed by atoms with E-state index >= 15 is 0 Å². The average molecular weight is 254 g/mol. The summed E-state index contributed by atoms with van der Waals surface area (Å²) in [5, 5.41) is 2.30. The molecule has 0 radical (unpaired) electrons. The number of pyridine rings is 1. The van der Waals surface area contributed by atoms with Gasteiger partial charge in [0.25, 0.3) is 0 Å². The molecule has 5 nitrogen and oxygen atoms in total. The first-order chi connectivity index (χ1) is 8.28. The minimum absolute atomic E-state index is 0.103. The van der Waals surface area contributed by atoms with Gasteiger partial charge >= 0.3 is 6.09 Å². The van der Waals surface area contributed by atoms with E-state index in [2.05, 4.69) is 10.3 Å². The van der Waals surface area contributed by atoms with Crippen molar-refractivity contribution in [3.8, 4) is 0 Å². The molecule has 0 atom stereocenters. The van der Waals surface area contributed by atoms with Gasteiger partial charge in [0, 0.05) is 11.8 Å². The molecule has 0 unspecified atom stereocenters. The van der Waals surface area contributed by atoms with Crippen molar-refractivity contribution in [1.82, 2.24) is 10.3 Å². The van der Waals surface area contributed by atoms with Gasteiger partial charge in [-0.3, -0.25) is 9.78 Å². The molecule has 0 saturated carbocycles. The second-order valence-corrected chi connectivity index (χ2v) is 4.67. The highest BCUT2D eigenvalue weighted by Gasteiger charge is 2.17. The van der Waals surface area contributed by atoms with E-state index in [-0.39, 0.29) is 12.1 Å². The van der Waals surface area contributed by atoms with Crippen LogP contribution in [0.25, 0.3) is 0 Å². The number of nitrogens with zero attached hydrogens (tertiary/aromatic N) is 1. The fourth-order valence-corrected chi connectivity index (χ4v) is 1.13. The predicted octanol–water partition coefficient (Wildman–Crippen LogP) is 1.93. The molecule has 6 heteroatoms. The first kappa shape index (κ1) is 14.1. The van der Waals surface area contributed by atoms with Crippen LogP contribution < -0.4 is 5.32 Å². The van der Waals surface area contributed by atoms with Crippen molar-refractivity contribution >= 4 is 11.9 Å². The van der Waals surface area contributed by atoms with E-state index in [0.29, 0.717) is 0 Å². The van der Waals surface area contributed by atoms with Crippen LogP contribution in [-0.4, -0.2) is 29.0 Å². The van der Waals surface area contributed by atoms with Crippen molar-refractivity contribution in [2.45, 2.75) is 26.4 Å². The summed E-state index contributed by atoms with van der Waals surface area (Å²) in [6, 6.07) is 1.06. The number of amides is 1. The maximum atomic E-state index is 12.8. The number of ether oxygens (including phenoxy) is 1. The summed E-state index contributed by atoms with van der Waals surface area (Å²) in [5.41, 5.74) is -0.529. The lowest BCUT2D eigenvalue weighted by atomic mass is 10.2. The summed E-state index contributed by atoms with van der Waals surface area (Å²) < 4.78 is 17.8. The Morgan fingerprint density at radius 2 is 2.06 bits per heavy atom. The number of hydrogen-bond donors (Lipinski definition) is 1. The van der Waals surface area contributed by atoms with E-state index in [1.165, 1.54) is 6.20 Å². The predicted molar refractivity (Wildman–Crippen MR) is 62.8 cm³/mol. The molecule has 18 heavy (non-hydrogen) atoms. The van der Waals surface area contributed by atoms with Gasteiger partial charge in [-0.1, -0.05) is 0 Å². The number of ketones is 1. The summed E-state index contributed by atoms with van der Waals surface area (Å²) in [6.07, 6.45) is 1.54. The third-order valence-corrected chi connectivity index (χ3v) is 1.82. The molecule has 0 fully saturated rings. The fourth-order valence-electron chi connectivity index (χ4n) is 1.13. The molecular formula is C12H15FN2O3. The summed E-state index contributed by atoms with van der Waals surface area (Å²) in [7, 11) is 0. The molecule has 1 aromatic heterocycles. The van der Waals surface area contributed by atoms with E-state index in [0.717, 1.165) is 12.3 Å². The van der Waals surface area contributed by atoms with Gasteiger partial charge in [0.2, 0.25) is 0 Å². The summed E-state index contributed by atoms with van der Waals surface area (Å²) in [4.78, 5) is 26.4. The standard InChI is InChI=1S/C12H15FN2O3/c1-12(2,3)18-11(17)15-7-10(16)8-4-9(13)6-14-5-8/h4-6H,7H2,1-3H3,(H,15,17). The zero-order valence-electron chi connectivity index (χ0n) is 10.5. The normalized spacial score (nSPS) is 10.9. The highest BCUT2D eigenvalue weighted by atomic mass is 19.1. The molecule has 1 aromatic rings. The molecule has 0 aliphatic rings. The molecule has 0 aliphatic heterocycles. The number of carbonyl (C=O) groups excluding carboxylic acids is 2. The smallest absolute Gasteiger partial charge is 0.408 e. The number of halogens is 1. The summed E-state index contributed by atoms with van der Waals surface area (Å²) in [6.45, 7) is 4.88. The van der Waals surface area contributed by atoms with Crippen LogP contribution in [0, 0.1) is 5.82 Å². The summed E-state index contributed by atoms with van der Waals surface area (Å²) in [5.74, 6) is -1.04. The molecule has 1 N–H and O–H groups in total. The quantitative estimate of drug-likeness (QED) is 0.837. The maximum absolute atomic E-state index is 12.8. The van der Waals surface area contributed by atoms with E-state index in [1.807, 2.05) is 0 Å². The lowest BCUT2D eigenvalue weighted by molar-refractivity contribution is 0.0520. The molecule has 1 amide bonds. The number of nitrogens with one attached hydrogen (secondary N) is 1. The van der Waals surface area contributed by atoms with Gasteiger partial charge in [0.05, 0.1) is 12.7 Å². The molecule has 0 aliphatic carbocycles. The Balaban J connectivity index is 2.49. The zero-order chi connectivity index (χ0) is 13.8. The minimum atomic E-state index is -0.694. The first-order valence-electron chi connectivity index (χ1n) is 5.38. The van der Waals surface area contributed by atoms with Crippen LogP contribution in [0.2, 0.25) is 0 Å². The third kappa shape index (κ3) is 4.90. The Kier molecular flexibility index (Phi) is 4.36. The van der Waals surface area contributed by atoms with Crippen LogP contribution in [-0.2, 0) is 4.74 Å².